The van der Waals surface area contributed by atoms with E-state index in [4.69, 9.17) is 4.74 Å². The maximum Gasteiger partial charge on any atom is 0.255 e. The van der Waals surface area contributed by atoms with Crippen molar-refractivity contribution >= 4 is 33.4 Å². The van der Waals surface area contributed by atoms with Crippen LogP contribution >= 0.6 is 15.9 Å². The number of nitrogens with one attached hydrogen (secondary N) is 2. The lowest BCUT2D eigenvalue weighted by atomic mass is 10.1. The number of hydrogen-bond acceptors (Lipinski definition) is 3. The largest absolute Gasteiger partial charge is 0.492 e. The van der Waals surface area contributed by atoms with Crippen molar-refractivity contribution < 1.29 is 14.3 Å². The van der Waals surface area contributed by atoms with E-state index >= 15 is 0 Å². The number of halogens is 1. The molecule has 5 nitrogen and oxygen atoms in total. The smallest absolute Gasteiger partial charge is 0.255 e. The Balaban J connectivity index is 2.17. The Bertz CT molecular complexity index is 775. The van der Waals surface area contributed by atoms with Crippen LogP contribution in [0.4, 0.5) is 5.69 Å². The average molecular weight is 405 g/mol. The SMILES string of the molecule is CNC(=O)c1ccccc1NC(=O)c1ccc(OCC(C)C)c(Br)c1. The molecule has 0 aliphatic carbocycles. The fraction of sp³-hybridized carbons (Fsp3) is 0.263. The van der Waals surface area contributed by atoms with E-state index in [9.17, 15) is 9.59 Å². The fourth-order valence-electron chi connectivity index (χ4n) is 2.13. The average Bonchev–Trinajstić information content (AvgIpc) is 2.60. The van der Waals surface area contributed by atoms with Gasteiger partial charge in [-0.15, -0.1) is 0 Å². The number of carbonyl (C=O) groups is 2. The summed E-state index contributed by atoms with van der Waals surface area (Å²) in [4.78, 5) is 24.4. The summed E-state index contributed by atoms with van der Waals surface area (Å²) in [5.41, 5.74) is 1.34. The summed E-state index contributed by atoms with van der Waals surface area (Å²) in [6.45, 7) is 4.74. The molecule has 0 saturated heterocycles. The third-order valence-electron chi connectivity index (χ3n) is 3.41. The number of rotatable bonds is 6. The quantitative estimate of drug-likeness (QED) is 0.761. The molecule has 0 atom stereocenters. The molecule has 0 saturated carbocycles. The van der Waals surface area contributed by atoms with Crippen molar-refractivity contribution in [1.29, 1.82) is 0 Å². The highest BCUT2D eigenvalue weighted by molar-refractivity contribution is 9.10. The van der Waals surface area contributed by atoms with Crippen molar-refractivity contribution in [3.05, 3.63) is 58.1 Å². The normalized spacial score (nSPS) is 10.4. The molecule has 0 heterocycles. The zero-order chi connectivity index (χ0) is 18.4. The molecular weight excluding hydrogens is 384 g/mol. The molecule has 132 valence electrons. The van der Waals surface area contributed by atoms with E-state index < -0.39 is 0 Å². The summed E-state index contributed by atoms with van der Waals surface area (Å²) >= 11 is 3.43. The fourth-order valence-corrected chi connectivity index (χ4v) is 2.63. The summed E-state index contributed by atoms with van der Waals surface area (Å²) in [6.07, 6.45) is 0. The summed E-state index contributed by atoms with van der Waals surface area (Å²) in [5.74, 6) is 0.550. The second-order valence-electron chi connectivity index (χ2n) is 5.93. The maximum absolute atomic E-state index is 12.5. The van der Waals surface area contributed by atoms with Crippen LogP contribution in [0.5, 0.6) is 5.75 Å². The predicted octanol–water partition coefficient (Wildman–Crippen LogP) is 4.10. The Labute approximate surface area is 155 Å². The van der Waals surface area contributed by atoms with Crippen LogP contribution in [0.3, 0.4) is 0 Å². The molecule has 0 unspecified atom stereocenters. The van der Waals surface area contributed by atoms with Gasteiger partial charge in [0, 0.05) is 12.6 Å². The number of ether oxygens (including phenoxy) is 1. The van der Waals surface area contributed by atoms with Gasteiger partial charge in [0.15, 0.2) is 0 Å². The first kappa shape index (κ1) is 19.0. The lowest BCUT2D eigenvalue weighted by Gasteiger charge is -2.13. The van der Waals surface area contributed by atoms with E-state index in [0.717, 1.165) is 0 Å². The number of carbonyl (C=O) groups excluding carboxylic acids is 2. The third kappa shape index (κ3) is 5.06. The highest BCUT2D eigenvalue weighted by Crippen LogP contribution is 2.27. The second-order valence-corrected chi connectivity index (χ2v) is 6.78. The summed E-state index contributed by atoms with van der Waals surface area (Å²) in [6, 6.07) is 12.0. The lowest BCUT2D eigenvalue weighted by Crippen LogP contribution is -2.21. The maximum atomic E-state index is 12.5. The van der Waals surface area contributed by atoms with Crippen LogP contribution in [0, 0.1) is 5.92 Å². The first-order valence-corrected chi connectivity index (χ1v) is 8.76. The van der Waals surface area contributed by atoms with Gasteiger partial charge in [0.05, 0.1) is 22.3 Å². The molecule has 0 aliphatic rings. The van der Waals surface area contributed by atoms with E-state index in [1.54, 1.807) is 49.5 Å². The molecule has 2 rings (SSSR count). The van der Waals surface area contributed by atoms with Crippen LogP contribution in [0.25, 0.3) is 0 Å². The van der Waals surface area contributed by atoms with E-state index in [2.05, 4.69) is 40.4 Å². The van der Waals surface area contributed by atoms with Crippen LogP contribution in [0.1, 0.15) is 34.6 Å². The molecule has 0 aliphatic heterocycles. The first-order valence-electron chi connectivity index (χ1n) is 7.97. The number of amides is 2. The summed E-state index contributed by atoms with van der Waals surface area (Å²) in [5, 5.41) is 5.34. The molecule has 25 heavy (non-hydrogen) atoms. The minimum atomic E-state index is -0.299. The van der Waals surface area contributed by atoms with Crippen LogP contribution in [-0.2, 0) is 0 Å². The van der Waals surface area contributed by atoms with Crippen molar-refractivity contribution in [2.24, 2.45) is 5.92 Å². The Morgan fingerprint density at radius 2 is 1.84 bits per heavy atom. The van der Waals surface area contributed by atoms with Crippen LogP contribution in [0.2, 0.25) is 0 Å². The van der Waals surface area contributed by atoms with E-state index in [1.807, 2.05) is 0 Å². The van der Waals surface area contributed by atoms with E-state index in [1.165, 1.54) is 0 Å². The van der Waals surface area contributed by atoms with Gasteiger partial charge in [-0.25, -0.2) is 0 Å². The van der Waals surface area contributed by atoms with Crippen molar-refractivity contribution in [2.75, 3.05) is 19.0 Å². The van der Waals surface area contributed by atoms with E-state index in [0.29, 0.717) is 39.6 Å². The van der Waals surface area contributed by atoms with Gasteiger partial charge in [-0.3, -0.25) is 9.59 Å². The standard InChI is InChI=1S/C19H21BrN2O3/c1-12(2)11-25-17-9-8-13(10-15(17)20)18(23)22-16-7-5-4-6-14(16)19(24)21-3/h4-10,12H,11H2,1-3H3,(H,21,24)(H,22,23). The molecule has 2 N–H and O–H groups in total. The van der Waals surface area contributed by atoms with Gasteiger partial charge in [0.2, 0.25) is 0 Å². The Morgan fingerprint density at radius 3 is 2.48 bits per heavy atom. The zero-order valence-corrected chi connectivity index (χ0v) is 16.0. The van der Waals surface area contributed by atoms with Crippen molar-refractivity contribution in [1.82, 2.24) is 5.32 Å². The molecule has 0 aromatic heterocycles. The summed E-state index contributed by atoms with van der Waals surface area (Å²) < 4.78 is 6.39. The number of hydrogen-bond donors (Lipinski definition) is 2. The Kier molecular flexibility index (Phi) is 6.58. The van der Waals surface area contributed by atoms with Crippen LogP contribution in [-0.4, -0.2) is 25.5 Å². The lowest BCUT2D eigenvalue weighted by molar-refractivity contribution is 0.0964. The number of benzene rings is 2. The molecule has 2 aromatic carbocycles. The molecule has 0 fully saturated rings. The summed E-state index contributed by atoms with van der Waals surface area (Å²) in [7, 11) is 1.55. The molecule has 2 amide bonds. The van der Waals surface area contributed by atoms with Crippen molar-refractivity contribution in [3.8, 4) is 5.75 Å². The highest BCUT2D eigenvalue weighted by Gasteiger charge is 2.14. The Hall–Kier alpha value is -2.34. The second kappa shape index (κ2) is 8.67. The van der Waals surface area contributed by atoms with Gasteiger partial charge in [-0.2, -0.15) is 0 Å². The van der Waals surface area contributed by atoms with Crippen molar-refractivity contribution in [2.45, 2.75) is 13.8 Å². The molecule has 0 bridgehead atoms. The van der Waals surface area contributed by atoms with Gasteiger partial charge >= 0.3 is 0 Å². The molecule has 0 spiro atoms. The number of anilines is 1. The highest BCUT2D eigenvalue weighted by atomic mass is 79.9. The molecule has 6 heteroatoms. The minimum Gasteiger partial charge on any atom is -0.492 e. The third-order valence-corrected chi connectivity index (χ3v) is 4.03. The van der Waals surface area contributed by atoms with E-state index in [-0.39, 0.29) is 11.8 Å². The van der Waals surface area contributed by atoms with Gasteiger partial charge in [-0.1, -0.05) is 26.0 Å². The monoisotopic (exact) mass is 404 g/mol. The van der Waals surface area contributed by atoms with Gasteiger partial charge < -0.3 is 15.4 Å². The van der Waals surface area contributed by atoms with Gasteiger partial charge in [0.1, 0.15) is 5.75 Å². The molecular formula is C19H21BrN2O3. The first-order chi connectivity index (χ1) is 11.9. The Morgan fingerprint density at radius 1 is 1.12 bits per heavy atom. The zero-order valence-electron chi connectivity index (χ0n) is 14.4. The van der Waals surface area contributed by atoms with Gasteiger partial charge in [-0.05, 0) is 52.2 Å². The molecule has 0 radical (unpaired) electrons. The predicted molar refractivity (Wildman–Crippen MR) is 102 cm³/mol. The van der Waals surface area contributed by atoms with Gasteiger partial charge in [0.25, 0.3) is 11.8 Å². The topological polar surface area (TPSA) is 67.4 Å². The number of para-hydroxylation sites is 1. The van der Waals surface area contributed by atoms with Crippen LogP contribution in [0.15, 0.2) is 46.9 Å². The molecule has 2 aromatic rings. The minimum absolute atomic E-state index is 0.255. The van der Waals surface area contributed by atoms with Crippen molar-refractivity contribution in [3.63, 3.8) is 0 Å². The van der Waals surface area contributed by atoms with Crippen LogP contribution < -0.4 is 15.4 Å².